The number of hydrazine groups is 1. The molecule has 0 aromatic heterocycles. The first kappa shape index (κ1) is 20.8. The number of anilines is 1. The number of nitrogens with one attached hydrogen (secondary N) is 3. The summed E-state index contributed by atoms with van der Waals surface area (Å²) in [4.78, 5) is 28.6. The summed E-state index contributed by atoms with van der Waals surface area (Å²) in [5.74, 6) is -0.198. The Hall–Kier alpha value is -2.90. The number of rotatable bonds is 6. The van der Waals surface area contributed by atoms with E-state index in [0.717, 1.165) is 38.3 Å². The summed E-state index contributed by atoms with van der Waals surface area (Å²) in [6.45, 7) is 7.51. The molecular weight excluding hydrogens is 366 g/mol. The third kappa shape index (κ3) is 7.21. The highest BCUT2D eigenvalue weighted by molar-refractivity contribution is 5.90. The lowest BCUT2D eigenvalue weighted by atomic mass is 10.2. The average Bonchev–Trinajstić information content (AvgIpc) is 2.74. The molecule has 1 aliphatic heterocycles. The van der Waals surface area contributed by atoms with E-state index in [1.165, 1.54) is 5.56 Å². The molecule has 2 aromatic rings. The summed E-state index contributed by atoms with van der Waals surface area (Å²) >= 11 is 0. The number of carbonyl (C=O) groups excluding carboxylic acids is 2. The molecule has 0 radical (unpaired) electrons. The fraction of sp³-hybridized carbons (Fsp3) is 0.364. The van der Waals surface area contributed by atoms with Crippen LogP contribution in [0.25, 0.3) is 0 Å². The zero-order valence-electron chi connectivity index (χ0n) is 16.9. The van der Waals surface area contributed by atoms with E-state index in [-0.39, 0.29) is 5.91 Å². The molecule has 1 fully saturated rings. The van der Waals surface area contributed by atoms with Gasteiger partial charge in [0, 0.05) is 51.4 Å². The first-order valence-corrected chi connectivity index (χ1v) is 9.99. The molecule has 3 amide bonds. The fourth-order valence-electron chi connectivity index (χ4n) is 3.26. The number of hydrogen-bond donors (Lipinski definition) is 3. The Bertz CT molecular complexity index is 787. The second kappa shape index (κ2) is 10.6. The van der Waals surface area contributed by atoms with Crippen LogP contribution in [0.5, 0.6) is 0 Å². The van der Waals surface area contributed by atoms with E-state index in [2.05, 4.69) is 50.2 Å². The average molecular weight is 396 g/mol. The van der Waals surface area contributed by atoms with Gasteiger partial charge in [-0.3, -0.25) is 15.1 Å². The molecule has 3 rings (SSSR count). The third-order valence-electron chi connectivity index (χ3n) is 4.99. The first-order valence-electron chi connectivity index (χ1n) is 9.99. The summed E-state index contributed by atoms with van der Waals surface area (Å²) in [5.41, 5.74) is 7.97. The van der Waals surface area contributed by atoms with Gasteiger partial charge in [0.15, 0.2) is 0 Å². The largest absolute Gasteiger partial charge is 0.337 e. The SMILES string of the molecule is Cc1ccc(NC(=O)NNC(=O)CCN2CCN(Cc3ccccc3)CC2)cc1. The van der Waals surface area contributed by atoms with Crippen LogP contribution in [0.4, 0.5) is 10.5 Å². The van der Waals surface area contributed by atoms with E-state index in [4.69, 9.17) is 0 Å². The molecular formula is C22H29N5O2. The van der Waals surface area contributed by atoms with Gasteiger partial charge in [-0.1, -0.05) is 48.0 Å². The molecule has 0 atom stereocenters. The molecule has 7 heteroatoms. The number of benzene rings is 2. The van der Waals surface area contributed by atoms with Crippen molar-refractivity contribution < 1.29 is 9.59 Å². The molecule has 0 bridgehead atoms. The van der Waals surface area contributed by atoms with Crippen molar-refractivity contribution in [2.75, 3.05) is 38.0 Å². The van der Waals surface area contributed by atoms with Crippen molar-refractivity contribution in [2.45, 2.75) is 19.9 Å². The van der Waals surface area contributed by atoms with E-state index in [1.54, 1.807) is 0 Å². The second-order valence-corrected chi connectivity index (χ2v) is 7.35. The molecule has 0 unspecified atom stereocenters. The molecule has 29 heavy (non-hydrogen) atoms. The van der Waals surface area contributed by atoms with Gasteiger partial charge in [0.05, 0.1) is 0 Å². The predicted molar refractivity (Wildman–Crippen MR) is 114 cm³/mol. The maximum atomic E-state index is 12.0. The lowest BCUT2D eigenvalue weighted by Gasteiger charge is -2.34. The highest BCUT2D eigenvalue weighted by atomic mass is 16.2. The van der Waals surface area contributed by atoms with Crippen LogP contribution in [0.2, 0.25) is 0 Å². The monoisotopic (exact) mass is 395 g/mol. The number of hydrogen-bond acceptors (Lipinski definition) is 4. The van der Waals surface area contributed by atoms with Crippen LogP contribution in [0.15, 0.2) is 54.6 Å². The van der Waals surface area contributed by atoms with Crippen molar-refractivity contribution in [1.29, 1.82) is 0 Å². The summed E-state index contributed by atoms with van der Waals surface area (Å²) in [7, 11) is 0. The van der Waals surface area contributed by atoms with E-state index in [9.17, 15) is 9.59 Å². The summed E-state index contributed by atoms with van der Waals surface area (Å²) in [6, 6.07) is 17.5. The Morgan fingerprint density at radius 2 is 1.52 bits per heavy atom. The van der Waals surface area contributed by atoms with Crippen LogP contribution in [0.3, 0.4) is 0 Å². The van der Waals surface area contributed by atoms with Gasteiger partial charge in [0.1, 0.15) is 0 Å². The Morgan fingerprint density at radius 3 is 2.21 bits per heavy atom. The predicted octanol–water partition coefficient (Wildman–Crippen LogP) is 2.36. The van der Waals surface area contributed by atoms with Crippen molar-refractivity contribution in [1.82, 2.24) is 20.7 Å². The Labute approximate surface area is 172 Å². The van der Waals surface area contributed by atoms with Gasteiger partial charge in [-0.25, -0.2) is 10.2 Å². The summed E-state index contributed by atoms with van der Waals surface area (Å²) in [5, 5.41) is 2.67. The minimum Gasteiger partial charge on any atom is -0.307 e. The molecule has 0 spiro atoms. The molecule has 2 aromatic carbocycles. The second-order valence-electron chi connectivity index (χ2n) is 7.35. The van der Waals surface area contributed by atoms with Gasteiger partial charge in [0.2, 0.25) is 5.91 Å². The normalized spacial score (nSPS) is 14.9. The number of piperazine rings is 1. The molecule has 0 saturated carbocycles. The minimum absolute atomic E-state index is 0.198. The quantitative estimate of drug-likeness (QED) is 0.657. The number of urea groups is 1. The van der Waals surface area contributed by atoms with Crippen molar-refractivity contribution in [3.8, 4) is 0 Å². The van der Waals surface area contributed by atoms with Gasteiger partial charge < -0.3 is 10.2 Å². The van der Waals surface area contributed by atoms with Crippen LogP contribution in [-0.4, -0.2) is 54.5 Å². The Kier molecular flexibility index (Phi) is 7.61. The van der Waals surface area contributed by atoms with Crippen LogP contribution < -0.4 is 16.2 Å². The third-order valence-corrected chi connectivity index (χ3v) is 4.99. The Morgan fingerprint density at radius 1 is 0.862 bits per heavy atom. The number of nitrogens with zero attached hydrogens (tertiary/aromatic N) is 2. The number of amides is 3. The molecule has 7 nitrogen and oxygen atoms in total. The highest BCUT2D eigenvalue weighted by Gasteiger charge is 2.17. The van der Waals surface area contributed by atoms with E-state index < -0.39 is 6.03 Å². The van der Waals surface area contributed by atoms with Crippen molar-refractivity contribution in [3.63, 3.8) is 0 Å². The van der Waals surface area contributed by atoms with Crippen LogP contribution in [-0.2, 0) is 11.3 Å². The van der Waals surface area contributed by atoms with Crippen molar-refractivity contribution in [3.05, 3.63) is 65.7 Å². The van der Waals surface area contributed by atoms with E-state index in [0.29, 0.717) is 18.7 Å². The van der Waals surface area contributed by atoms with Crippen LogP contribution in [0.1, 0.15) is 17.5 Å². The van der Waals surface area contributed by atoms with Crippen molar-refractivity contribution >= 4 is 17.6 Å². The topological polar surface area (TPSA) is 76.7 Å². The molecule has 1 saturated heterocycles. The van der Waals surface area contributed by atoms with Gasteiger partial charge in [0.25, 0.3) is 0 Å². The van der Waals surface area contributed by atoms with Gasteiger partial charge in [-0.2, -0.15) is 0 Å². The van der Waals surface area contributed by atoms with Gasteiger partial charge >= 0.3 is 6.03 Å². The fourth-order valence-corrected chi connectivity index (χ4v) is 3.26. The standard InChI is InChI=1S/C22H29N5O2/c1-18-7-9-20(10-8-18)23-22(29)25-24-21(28)11-12-26-13-15-27(16-14-26)17-19-5-3-2-4-6-19/h2-10H,11-17H2,1H3,(H,24,28)(H2,23,25,29). The van der Waals surface area contributed by atoms with Crippen LogP contribution >= 0.6 is 0 Å². The molecule has 154 valence electrons. The molecule has 1 aliphatic rings. The highest BCUT2D eigenvalue weighted by Crippen LogP contribution is 2.09. The number of aryl methyl sites for hydroxylation is 1. The summed E-state index contributed by atoms with van der Waals surface area (Å²) < 4.78 is 0. The minimum atomic E-state index is -0.461. The molecule has 0 aliphatic carbocycles. The first-order chi connectivity index (χ1) is 14.1. The smallest absolute Gasteiger partial charge is 0.307 e. The molecule has 1 heterocycles. The lowest BCUT2D eigenvalue weighted by Crippen LogP contribution is -2.48. The maximum Gasteiger partial charge on any atom is 0.337 e. The molecule has 3 N–H and O–H groups in total. The van der Waals surface area contributed by atoms with Crippen LogP contribution in [0, 0.1) is 6.92 Å². The van der Waals surface area contributed by atoms with E-state index in [1.807, 2.05) is 37.3 Å². The zero-order chi connectivity index (χ0) is 20.5. The van der Waals surface area contributed by atoms with Gasteiger partial charge in [-0.15, -0.1) is 0 Å². The van der Waals surface area contributed by atoms with Gasteiger partial charge in [-0.05, 0) is 24.6 Å². The zero-order valence-corrected chi connectivity index (χ0v) is 16.9. The maximum absolute atomic E-state index is 12.0. The van der Waals surface area contributed by atoms with Crippen molar-refractivity contribution in [2.24, 2.45) is 0 Å². The van der Waals surface area contributed by atoms with E-state index >= 15 is 0 Å². The Balaban J connectivity index is 1.29. The number of carbonyl (C=O) groups is 2. The lowest BCUT2D eigenvalue weighted by molar-refractivity contribution is -0.122. The summed E-state index contributed by atoms with van der Waals surface area (Å²) in [6.07, 6.45) is 0.351.